The third kappa shape index (κ3) is 2.58. The van der Waals surface area contributed by atoms with Crippen LogP contribution in [0.4, 0.5) is 0 Å². The number of nitrogens with zero attached hydrogens (tertiary/aromatic N) is 1. The van der Waals surface area contributed by atoms with Crippen molar-refractivity contribution in [3.63, 3.8) is 0 Å². The molecule has 0 bridgehead atoms. The molecule has 0 radical (unpaired) electrons. The van der Waals surface area contributed by atoms with E-state index < -0.39 is 0 Å². The van der Waals surface area contributed by atoms with Crippen LogP contribution in [0.5, 0.6) is 0 Å². The molecular formula is C15H21NO. The van der Waals surface area contributed by atoms with Gasteiger partial charge in [0.2, 0.25) is 0 Å². The van der Waals surface area contributed by atoms with Crippen LogP contribution < -0.4 is 0 Å². The van der Waals surface area contributed by atoms with Gasteiger partial charge in [-0.05, 0) is 45.0 Å². The quantitative estimate of drug-likeness (QED) is 0.780. The first kappa shape index (κ1) is 12.3. The molecule has 1 saturated carbocycles. The Morgan fingerprint density at radius 1 is 1.24 bits per heavy atom. The summed E-state index contributed by atoms with van der Waals surface area (Å²) in [5, 5.41) is 0. The lowest BCUT2D eigenvalue weighted by molar-refractivity contribution is -0.122. The zero-order valence-corrected chi connectivity index (χ0v) is 10.9. The van der Waals surface area contributed by atoms with E-state index in [9.17, 15) is 4.79 Å². The van der Waals surface area contributed by atoms with E-state index in [2.05, 4.69) is 38.1 Å². The highest BCUT2D eigenvalue weighted by Gasteiger charge is 2.31. The summed E-state index contributed by atoms with van der Waals surface area (Å²) in [7, 11) is 4.21. The second kappa shape index (κ2) is 5.01. The van der Waals surface area contributed by atoms with E-state index in [4.69, 9.17) is 0 Å². The molecule has 1 aromatic rings. The fourth-order valence-electron chi connectivity index (χ4n) is 2.75. The molecule has 0 aliphatic heterocycles. The molecule has 1 aromatic carbocycles. The zero-order chi connectivity index (χ0) is 12.4. The molecule has 17 heavy (non-hydrogen) atoms. The summed E-state index contributed by atoms with van der Waals surface area (Å²) in [5.41, 5.74) is 2.47. The minimum atomic E-state index is 0.109. The molecule has 0 spiro atoms. The Morgan fingerprint density at radius 2 is 1.94 bits per heavy atom. The lowest BCUT2D eigenvalue weighted by atomic mass is 9.78. The van der Waals surface area contributed by atoms with Gasteiger partial charge in [0.25, 0.3) is 0 Å². The van der Waals surface area contributed by atoms with Gasteiger partial charge in [0.05, 0.1) is 0 Å². The first-order chi connectivity index (χ1) is 8.09. The van der Waals surface area contributed by atoms with Crippen molar-refractivity contribution in [2.75, 3.05) is 14.1 Å². The summed E-state index contributed by atoms with van der Waals surface area (Å²) in [6.45, 7) is 2.10. The highest BCUT2D eigenvalue weighted by molar-refractivity contribution is 5.87. The van der Waals surface area contributed by atoms with Crippen molar-refractivity contribution < 1.29 is 4.79 Å². The molecule has 92 valence electrons. The Hall–Kier alpha value is -1.15. The minimum Gasteiger partial charge on any atom is -0.306 e. The summed E-state index contributed by atoms with van der Waals surface area (Å²) < 4.78 is 0. The van der Waals surface area contributed by atoms with Crippen LogP contribution in [0.15, 0.2) is 24.3 Å². The number of carbonyl (C=O) groups is 1. The zero-order valence-electron chi connectivity index (χ0n) is 10.9. The third-order valence-electron chi connectivity index (χ3n) is 3.91. The lowest BCUT2D eigenvalue weighted by Crippen LogP contribution is -2.36. The molecule has 1 aliphatic carbocycles. The Labute approximate surface area is 104 Å². The van der Waals surface area contributed by atoms with Crippen molar-refractivity contribution in [1.82, 2.24) is 4.90 Å². The second-order valence-corrected chi connectivity index (χ2v) is 5.27. The highest BCUT2D eigenvalue weighted by Crippen LogP contribution is 2.33. The molecule has 0 amide bonds. The van der Waals surface area contributed by atoms with Gasteiger partial charge < -0.3 is 4.90 Å². The maximum absolute atomic E-state index is 12.1. The molecule has 0 heterocycles. The van der Waals surface area contributed by atoms with E-state index in [1.54, 1.807) is 0 Å². The molecule has 1 aliphatic rings. The van der Waals surface area contributed by atoms with Crippen LogP contribution in [-0.4, -0.2) is 30.8 Å². The van der Waals surface area contributed by atoms with E-state index in [-0.39, 0.29) is 5.92 Å². The van der Waals surface area contributed by atoms with Crippen molar-refractivity contribution in [2.24, 2.45) is 0 Å². The Kier molecular flexibility index (Phi) is 3.63. The van der Waals surface area contributed by atoms with Gasteiger partial charge in [0.1, 0.15) is 5.78 Å². The van der Waals surface area contributed by atoms with Crippen molar-refractivity contribution in [2.45, 2.75) is 38.1 Å². The van der Waals surface area contributed by atoms with E-state index in [1.165, 1.54) is 11.1 Å². The average molecular weight is 231 g/mol. The monoisotopic (exact) mass is 231 g/mol. The predicted molar refractivity (Wildman–Crippen MR) is 70.3 cm³/mol. The topological polar surface area (TPSA) is 20.3 Å². The number of aryl methyl sites for hydroxylation is 1. The normalized spacial score (nSPS) is 25.3. The molecule has 2 rings (SSSR count). The number of hydrogen-bond donors (Lipinski definition) is 0. The van der Waals surface area contributed by atoms with Gasteiger partial charge in [-0.25, -0.2) is 0 Å². The van der Waals surface area contributed by atoms with E-state index in [0.717, 1.165) is 19.3 Å². The van der Waals surface area contributed by atoms with E-state index >= 15 is 0 Å². The van der Waals surface area contributed by atoms with Gasteiger partial charge in [-0.3, -0.25) is 4.79 Å². The third-order valence-corrected chi connectivity index (χ3v) is 3.91. The predicted octanol–water partition coefficient (Wildman–Crippen LogP) is 2.76. The summed E-state index contributed by atoms with van der Waals surface area (Å²) in [6, 6.07) is 8.82. The van der Waals surface area contributed by atoms with Crippen molar-refractivity contribution in [3.05, 3.63) is 35.4 Å². The van der Waals surface area contributed by atoms with E-state index in [1.807, 2.05) is 12.1 Å². The van der Waals surface area contributed by atoms with Gasteiger partial charge >= 0.3 is 0 Å². The van der Waals surface area contributed by atoms with Crippen molar-refractivity contribution in [3.8, 4) is 0 Å². The average Bonchev–Trinajstić information content (AvgIpc) is 2.30. The van der Waals surface area contributed by atoms with Gasteiger partial charge in [-0.2, -0.15) is 0 Å². The summed E-state index contributed by atoms with van der Waals surface area (Å²) in [6.07, 6.45) is 2.70. The van der Waals surface area contributed by atoms with Crippen molar-refractivity contribution in [1.29, 1.82) is 0 Å². The largest absolute Gasteiger partial charge is 0.306 e. The Balaban J connectivity index is 2.24. The summed E-state index contributed by atoms with van der Waals surface area (Å²) in [5.74, 6) is 0.523. The Bertz CT molecular complexity index is 411. The molecule has 2 heteroatoms. The molecule has 2 unspecified atom stereocenters. The van der Waals surface area contributed by atoms with Crippen LogP contribution in [0.25, 0.3) is 0 Å². The molecule has 0 N–H and O–H groups in total. The van der Waals surface area contributed by atoms with Gasteiger partial charge in [-0.15, -0.1) is 0 Å². The van der Waals surface area contributed by atoms with Gasteiger partial charge in [-0.1, -0.05) is 24.3 Å². The molecule has 2 atom stereocenters. The molecular weight excluding hydrogens is 210 g/mol. The van der Waals surface area contributed by atoms with Crippen LogP contribution in [0, 0.1) is 6.92 Å². The lowest BCUT2D eigenvalue weighted by Gasteiger charge is -2.33. The summed E-state index contributed by atoms with van der Waals surface area (Å²) >= 11 is 0. The maximum Gasteiger partial charge on any atom is 0.140 e. The number of Topliss-reactive ketones (excluding diaryl/α,β-unsaturated/α-hetero) is 1. The number of hydrogen-bond acceptors (Lipinski definition) is 2. The van der Waals surface area contributed by atoms with Crippen LogP contribution in [0.3, 0.4) is 0 Å². The fraction of sp³-hybridized carbons (Fsp3) is 0.533. The van der Waals surface area contributed by atoms with Crippen LogP contribution in [-0.2, 0) is 4.79 Å². The first-order valence-corrected chi connectivity index (χ1v) is 6.34. The van der Waals surface area contributed by atoms with Crippen LogP contribution >= 0.6 is 0 Å². The number of benzene rings is 1. The first-order valence-electron chi connectivity index (χ1n) is 6.34. The maximum atomic E-state index is 12.1. The number of rotatable bonds is 2. The highest BCUT2D eigenvalue weighted by atomic mass is 16.1. The van der Waals surface area contributed by atoms with Crippen LogP contribution in [0.1, 0.15) is 36.3 Å². The smallest absolute Gasteiger partial charge is 0.140 e. The van der Waals surface area contributed by atoms with Gasteiger partial charge in [0.15, 0.2) is 0 Å². The van der Waals surface area contributed by atoms with Gasteiger partial charge in [0, 0.05) is 18.4 Å². The molecule has 0 saturated heterocycles. The second-order valence-electron chi connectivity index (χ2n) is 5.27. The molecule has 0 aromatic heterocycles. The van der Waals surface area contributed by atoms with Crippen molar-refractivity contribution >= 4 is 5.78 Å². The SMILES string of the molecule is Cc1ccccc1C1CC(N(C)C)CCC1=O. The molecule has 2 nitrogen and oxygen atoms in total. The standard InChI is InChI=1S/C15H21NO/c1-11-6-4-5-7-13(11)14-10-12(16(2)3)8-9-15(14)17/h4-7,12,14H,8-10H2,1-3H3. The Morgan fingerprint density at radius 3 is 2.59 bits per heavy atom. The fourth-order valence-corrected chi connectivity index (χ4v) is 2.75. The number of ketones is 1. The minimum absolute atomic E-state index is 0.109. The summed E-state index contributed by atoms with van der Waals surface area (Å²) in [4.78, 5) is 14.3. The van der Waals surface area contributed by atoms with Crippen LogP contribution in [0.2, 0.25) is 0 Å². The molecule has 1 fully saturated rings. The van der Waals surface area contributed by atoms with E-state index in [0.29, 0.717) is 11.8 Å². The number of carbonyl (C=O) groups excluding carboxylic acids is 1.